The molecule has 0 atom stereocenters. The molecule has 1 aliphatic rings. The number of aromatic nitrogens is 4. The van der Waals surface area contributed by atoms with Crippen molar-refractivity contribution in [2.24, 2.45) is 0 Å². The second kappa shape index (κ2) is 3.72. The van der Waals surface area contributed by atoms with Crippen LogP contribution >= 0.6 is 0 Å². The lowest BCUT2D eigenvalue weighted by Gasteiger charge is -2.21. The van der Waals surface area contributed by atoms with Crippen molar-refractivity contribution in [3.05, 3.63) is 0 Å². The summed E-state index contributed by atoms with van der Waals surface area (Å²) in [5.41, 5.74) is 0. The van der Waals surface area contributed by atoms with Gasteiger partial charge in [-0.05, 0) is 23.3 Å². The molecule has 1 N–H and O–H groups in total. The van der Waals surface area contributed by atoms with Gasteiger partial charge in [0.2, 0.25) is 5.95 Å². The molecular weight excluding hydrogens is 166 g/mol. The molecule has 5 nitrogen and oxygen atoms in total. The summed E-state index contributed by atoms with van der Waals surface area (Å²) in [4.78, 5) is 0. The Kier molecular flexibility index (Phi) is 2.42. The third-order valence-corrected chi connectivity index (χ3v) is 2.64. The smallest absolute Gasteiger partial charge is 0.242 e. The fourth-order valence-corrected chi connectivity index (χ4v) is 1.93. The van der Waals surface area contributed by atoms with Crippen molar-refractivity contribution in [2.75, 3.05) is 12.4 Å². The summed E-state index contributed by atoms with van der Waals surface area (Å²) in [7, 11) is 1.85. The Morgan fingerprint density at radius 3 is 2.77 bits per heavy atom. The molecule has 1 aromatic heterocycles. The first-order valence-corrected chi connectivity index (χ1v) is 4.87. The van der Waals surface area contributed by atoms with Crippen LogP contribution in [0.25, 0.3) is 0 Å². The van der Waals surface area contributed by atoms with E-state index in [1.807, 2.05) is 11.7 Å². The van der Waals surface area contributed by atoms with Crippen LogP contribution in [-0.2, 0) is 0 Å². The highest BCUT2D eigenvalue weighted by molar-refractivity contribution is 5.20. The quantitative estimate of drug-likeness (QED) is 0.745. The van der Waals surface area contributed by atoms with Crippen LogP contribution < -0.4 is 5.32 Å². The van der Waals surface area contributed by atoms with Gasteiger partial charge in [0, 0.05) is 7.05 Å². The monoisotopic (exact) mass is 181 g/mol. The molecule has 72 valence electrons. The van der Waals surface area contributed by atoms with Crippen LogP contribution in [0.1, 0.15) is 38.1 Å². The minimum absolute atomic E-state index is 0.506. The van der Waals surface area contributed by atoms with Gasteiger partial charge < -0.3 is 5.32 Å². The van der Waals surface area contributed by atoms with Crippen molar-refractivity contribution in [3.8, 4) is 0 Å². The summed E-state index contributed by atoms with van der Waals surface area (Å²) >= 11 is 0. The number of hydrogen-bond donors (Lipinski definition) is 1. The van der Waals surface area contributed by atoms with Gasteiger partial charge >= 0.3 is 0 Å². The zero-order valence-corrected chi connectivity index (χ0v) is 7.90. The molecule has 1 saturated carbocycles. The molecule has 1 fully saturated rings. The first-order valence-electron chi connectivity index (χ1n) is 4.87. The maximum absolute atomic E-state index is 4.00. The average Bonchev–Trinajstić information content (AvgIpc) is 2.67. The number of tetrazole rings is 1. The summed E-state index contributed by atoms with van der Waals surface area (Å²) < 4.78 is 1.92. The Morgan fingerprint density at radius 2 is 2.08 bits per heavy atom. The van der Waals surface area contributed by atoms with Gasteiger partial charge in [-0.3, -0.25) is 0 Å². The van der Waals surface area contributed by atoms with E-state index in [1.54, 1.807) is 0 Å². The molecular formula is C8H15N5. The van der Waals surface area contributed by atoms with Gasteiger partial charge in [0.05, 0.1) is 6.04 Å². The Balaban J connectivity index is 2.13. The zero-order valence-electron chi connectivity index (χ0n) is 7.90. The topological polar surface area (TPSA) is 55.6 Å². The van der Waals surface area contributed by atoms with Gasteiger partial charge in [0.15, 0.2) is 0 Å². The molecule has 0 spiro atoms. The third-order valence-electron chi connectivity index (χ3n) is 2.64. The summed E-state index contributed by atoms with van der Waals surface area (Å²) in [6.45, 7) is 0. The van der Waals surface area contributed by atoms with E-state index in [9.17, 15) is 0 Å². The molecule has 1 aromatic rings. The SMILES string of the molecule is CNc1nnnn1C1CCCCC1. The Bertz CT molecular complexity index is 263. The molecule has 0 unspecified atom stereocenters. The number of anilines is 1. The summed E-state index contributed by atoms with van der Waals surface area (Å²) in [6, 6.07) is 0.506. The molecule has 1 heterocycles. The summed E-state index contributed by atoms with van der Waals surface area (Å²) in [6.07, 6.45) is 6.37. The largest absolute Gasteiger partial charge is 0.356 e. The van der Waals surface area contributed by atoms with Gasteiger partial charge in [-0.15, -0.1) is 0 Å². The third kappa shape index (κ3) is 1.64. The van der Waals surface area contributed by atoms with Crippen molar-refractivity contribution in [2.45, 2.75) is 38.1 Å². The fraction of sp³-hybridized carbons (Fsp3) is 0.875. The van der Waals surface area contributed by atoms with E-state index < -0.39 is 0 Å². The number of rotatable bonds is 2. The van der Waals surface area contributed by atoms with Crippen LogP contribution in [0.3, 0.4) is 0 Å². The van der Waals surface area contributed by atoms with Crippen LogP contribution in [0.15, 0.2) is 0 Å². The lowest BCUT2D eigenvalue weighted by atomic mass is 9.96. The van der Waals surface area contributed by atoms with E-state index in [2.05, 4.69) is 20.8 Å². The lowest BCUT2D eigenvalue weighted by Crippen LogP contribution is -2.16. The van der Waals surface area contributed by atoms with Crippen LogP contribution in [-0.4, -0.2) is 27.3 Å². The summed E-state index contributed by atoms with van der Waals surface area (Å²) in [5.74, 6) is 0.784. The van der Waals surface area contributed by atoms with Gasteiger partial charge in [-0.2, -0.15) is 0 Å². The Hall–Kier alpha value is -1.13. The molecule has 5 heteroatoms. The van der Waals surface area contributed by atoms with E-state index in [-0.39, 0.29) is 0 Å². The minimum Gasteiger partial charge on any atom is -0.356 e. The highest BCUT2D eigenvalue weighted by Crippen LogP contribution is 2.28. The second-order valence-electron chi connectivity index (χ2n) is 3.49. The summed E-state index contributed by atoms with van der Waals surface area (Å²) in [5, 5.41) is 14.6. The first-order chi connectivity index (χ1) is 6.42. The molecule has 1 aliphatic carbocycles. The van der Waals surface area contributed by atoms with Crippen molar-refractivity contribution in [1.82, 2.24) is 20.2 Å². The predicted octanol–water partition coefficient (Wildman–Crippen LogP) is 1.22. The second-order valence-corrected chi connectivity index (χ2v) is 3.49. The van der Waals surface area contributed by atoms with Gasteiger partial charge in [0.25, 0.3) is 0 Å². The molecule has 0 bridgehead atoms. The maximum atomic E-state index is 4.00. The average molecular weight is 181 g/mol. The highest BCUT2D eigenvalue weighted by atomic mass is 15.6. The zero-order chi connectivity index (χ0) is 9.10. The number of hydrogen-bond acceptors (Lipinski definition) is 4. The van der Waals surface area contributed by atoms with Gasteiger partial charge in [-0.25, -0.2) is 4.68 Å². The van der Waals surface area contributed by atoms with Gasteiger partial charge in [-0.1, -0.05) is 24.4 Å². The first kappa shape index (κ1) is 8.47. The van der Waals surface area contributed by atoms with E-state index in [1.165, 1.54) is 32.1 Å². The van der Waals surface area contributed by atoms with Gasteiger partial charge in [0.1, 0.15) is 0 Å². The maximum Gasteiger partial charge on any atom is 0.242 e. The van der Waals surface area contributed by atoms with E-state index >= 15 is 0 Å². The Morgan fingerprint density at radius 1 is 1.31 bits per heavy atom. The Labute approximate surface area is 77.5 Å². The normalized spacial score (nSPS) is 18.8. The molecule has 2 rings (SSSR count). The van der Waals surface area contributed by atoms with Crippen LogP contribution in [0.5, 0.6) is 0 Å². The van der Waals surface area contributed by atoms with Crippen LogP contribution in [0.2, 0.25) is 0 Å². The minimum atomic E-state index is 0.506. The lowest BCUT2D eigenvalue weighted by molar-refractivity contribution is 0.327. The standard InChI is InChI=1S/C8H15N5/c1-9-8-10-11-12-13(8)7-5-3-2-4-6-7/h7H,2-6H2,1H3,(H,9,10,12). The number of nitrogens with one attached hydrogen (secondary N) is 1. The van der Waals surface area contributed by atoms with Crippen molar-refractivity contribution < 1.29 is 0 Å². The molecule has 0 aliphatic heterocycles. The fourth-order valence-electron chi connectivity index (χ4n) is 1.93. The number of nitrogens with zero attached hydrogens (tertiary/aromatic N) is 4. The molecule has 13 heavy (non-hydrogen) atoms. The van der Waals surface area contributed by atoms with Crippen molar-refractivity contribution >= 4 is 5.95 Å². The van der Waals surface area contributed by atoms with E-state index in [0.29, 0.717) is 6.04 Å². The van der Waals surface area contributed by atoms with E-state index in [4.69, 9.17) is 0 Å². The van der Waals surface area contributed by atoms with Crippen LogP contribution in [0.4, 0.5) is 5.95 Å². The highest BCUT2D eigenvalue weighted by Gasteiger charge is 2.18. The predicted molar refractivity (Wildman–Crippen MR) is 49.5 cm³/mol. The van der Waals surface area contributed by atoms with E-state index in [0.717, 1.165) is 5.95 Å². The van der Waals surface area contributed by atoms with Crippen LogP contribution in [0, 0.1) is 0 Å². The molecule has 0 radical (unpaired) electrons. The molecule has 0 amide bonds. The van der Waals surface area contributed by atoms with Crippen molar-refractivity contribution in [3.63, 3.8) is 0 Å². The molecule has 0 aromatic carbocycles. The molecule has 0 saturated heterocycles. The van der Waals surface area contributed by atoms with Crippen molar-refractivity contribution in [1.29, 1.82) is 0 Å².